The number of aliphatic hydroxyl groups is 1. The van der Waals surface area contributed by atoms with Crippen LogP contribution < -0.4 is 0 Å². The summed E-state index contributed by atoms with van der Waals surface area (Å²) in [5.41, 5.74) is 0. The van der Waals surface area contributed by atoms with Gasteiger partial charge in [-0.25, -0.2) is 0 Å². The Hall–Kier alpha value is -0.110. The Morgan fingerprint density at radius 2 is 2.20 bits per heavy atom. The lowest BCUT2D eigenvalue weighted by Crippen LogP contribution is -1.51. The van der Waals surface area contributed by atoms with Crippen LogP contribution >= 0.6 is 12.6 Å². The zero-order chi connectivity index (χ0) is 4.28. The van der Waals surface area contributed by atoms with Crippen molar-refractivity contribution < 1.29 is 5.11 Å². The molecule has 0 saturated heterocycles. The van der Waals surface area contributed by atoms with Crippen LogP contribution in [-0.4, -0.2) is 5.11 Å². The van der Waals surface area contributed by atoms with Crippen LogP contribution in [0.15, 0.2) is 11.2 Å². The number of hydrogen-bond acceptors (Lipinski definition) is 2. The van der Waals surface area contributed by atoms with Gasteiger partial charge in [0.2, 0.25) is 0 Å². The molecule has 0 aromatic carbocycles. The Balaban J connectivity index is 3.14. The first-order valence-corrected chi connectivity index (χ1v) is 1.72. The lowest BCUT2D eigenvalue weighted by Gasteiger charge is -1.72. The van der Waals surface area contributed by atoms with Crippen molar-refractivity contribution in [2.75, 3.05) is 0 Å². The summed E-state index contributed by atoms with van der Waals surface area (Å²) in [6, 6.07) is 0. The second-order valence-electron chi connectivity index (χ2n) is 0.770. The molecule has 0 aromatic heterocycles. The maximum absolute atomic E-state index is 7.91. The third-order valence-electron chi connectivity index (χ3n) is 0.187. The lowest BCUT2D eigenvalue weighted by molar-refractivity contribution is 0.471. The average molecular weight is 90.1 g/mol. The normalized spacial score (nSPS) is 12.0. The highest BCUT2D eigenvalue weighted by Crippen LogP contribution is 1.91. The number of hydrogen-bond donors (Lipinski definition) is 2. The van der Waals surface area contributed by atoms with E-state index in [1.165, 1.54) is 0 Å². The van der Waals surface area contributed by atoms with Crippen molar-refractivity contribution in [2.45, 2.75) is 6.92 Å². The van der Waals surface area contributed by atoms with Crippen LogP contribution in [0.2, 0.25) is 0 Å². The van der Waals surface area contributed by atoms with Crippen molar-refractivity contribution >= 4 is 12.6 Å². The van der Waals surface area contributed by atoms with Gasteiger partial charge in [-0.3, -0.25) is 0 Å². The molecular weight excluding hydrogens is 84.1 g/mol. The molecule has 0 aliphatic carbocycles. The van der Waals surface area contributed by atoms with E-state index in [9.17, 15) is 0 Å². The minimum Gasteiger partial charge on any atom is -0.515 e. The number of rotatable bonds is 0. The monoisotopic (exact) mass is 90.0 g/mol. The van der Waals surface area contributed by atoms with Crippen molar-refractivity contribution in [3.8, 4) is 0 Å². The first-order valence-electron chi connectivity index (χ1n) is 1.27. The van der Waals surface area contributed by atoms with Gasteiger partial charge < -0.3 is 5.11 Å². The molecule has 0 aliphatic heterocycles. The molecule has 0 heterocycles. The zero-order valence-corrected chi connectivity index (χ0v) is 3.87. The molecule has 0 fully saturated rings. The molecule has 0 radical (unpaired) electrons. The summed E-state index contributed by atoms with van der Waals surface area (Å²) in [5, 5.41) is 7.91. The Morgan fingerprint density at radius 1 is 2.00 bits per heavy atom. The topological polar surface area (TPSA) is 20.2 Å². The predicted molar refractivity (Wildman–Crippen MR) is 25.4 cm³/mol. The second kappa shape index (κ2) is 2.15. The van der Waals surface area contributed by atoms with Crippen LogP contribution in [0.4, 0.5) is 0 Å². The summed E-state index contributed by atoms with van der Waals surface area (Å²) in [6.07, 6.45) is 0.948. The second-order valence-corrected chi connectivity index (χ2v) is 1.48. The van der Waals surface area contributed by atoms with E-state index in [2.05, 4.69) is 12.6 Å². The Labute approximate surface area is 36.7 Å². The van der Waals surface area contributed by atoms with Gasteiger partial charge in [-0.1, -0.05) is 0 Å². The van der Waals surface area contributed by atoms with Crippen molar-refractivity contribution in [1.82, 2.24) is 0 Å². The Bertz CT molecular complexity index is 44.9. The minimum atomic E-state index is 0.630. The van der Waals surface area contributed by atoms with Crippen LogP contribution in [0, 0.1) is 0 Å². The van der Waals surface area contributed by atoms with Gasteiger partial charge in [-0.15, -0.1) is 12.6 Å². The molecule has 2 heteroatoms. The Morgan fingerprint density at radius 3 is 2.20 bits per heavy atom. The van der Waals surface area contributed by atoms with Crippen LogP contribution in [0.1, 0.15) is 6.92 Å². The highest BCUT2D eigenvalue weighted by Gasteiger charge is 1.64. The van der Waals surface area contributed by atoms with Gasteiger partial charge in [0.05, 0.1) is 6.26 Å². The molecule has 30 valence electrons. The average Bonchev–Trinajstić information content (AvgIpc) is 1.38. The Kier molecular flexibility index (Phi) is 2.10. The number of aliphatic hydroxyl groups excluding tert-OH is 1. The SMILES string of the molecule is CC(S)=CO. The largest absolute Gasteiger partial charge is 0.515 e. The molecule has 5 heavy (non-hydrogen) atoms. The van der Waals surface area contributed by atoms with Gasteiger partial charge >= 0.3 is 0 Å². The molecule has 0 spiro atoms. The highest BCUT2D eigenvalue weighted by atomic mass is 32.1. The minimum absolute atomic E-state index is 0.630. The maximum Gasteiger partial charge on any atom is 0.0881 e. The molecule has 0 rings (SSSR count). The van der Waals surface area contributed by atoms with E-state index in [0.29, 0.717) is 4.91 Å². The van der Waals surface area contributed by atoms with Crippen molar-refractivity contribution in [1.29, 1.82) is 0 Å². The van der Waals surface area contributed by atoms with Crippen molar-refractivity contribution in [2.24, 2.45) is 0 Å². The van der Waals surface area contributed by atoms with E-state index in [1.807, 2.05) is 0 Å². The van der Waals surface area contributed by atoms with Crippen LogP contribution in [0.25, 0.3) is 0 Å². The molecule has 0 unspecified atom stereocenters. The molecular formula is C3H6OS. The summed E-state index contributed by atoms with van der Waals surface area (Å²) in [7, 11) is 0. The quantitative estimate of drug-likeness (QED) is 0.339. The fraction of sp³-hybridized carbons (Fsp3) is 0.333. The highest BCUT2D eigenvalue weighted by molar-refractivity contribution is 7.84. The summed E-state index contributed by atoms with van der Waals surface area (Å²) in [6.45, 7) is 1.70. The van der Waals surface area contributed by atoms with Crippen LogP contribution in [-0.2, 0) is 0 Å². The summed E-state index contributed by atoms with van der Waals surface area (Å²) in [4.78, 5) is 0.630. The van der Waals surface area contributed by atoms with Crippen molar-refractivity contribution in [3.05, 3.63) is 11.2 Å². The molecule has 0 saturated carbocycles. The summed E-state index contributed by atoms with van der Waals surface area (Å²) < 4.78 is 0. The van der Waals surface area contributed by atoms with E-state index in [0.717, 1.165) is 6.26 Å². The van der Waals surface area contributed by atoms with Gasteiger partial charge in [-0.2, -0.15) is 0 Å². The van der Waals surface area contributed by atoms with E-state index >= 15 is 0 Å². The first-order chi connectivity index (χ1) is 2.27. The lowest BCUT2D eigenvalue weighted by atomic mass is 10.7. The molecule has 0 aromatic rings. The predicted octanol–water partition coefficient (Wildman–Crippen LogP) is 1.34. The molecule has 1 N–H and O–H groups in total. The van der Waals surface area contributed by atoms with Gasteiger partial charge in [-0.05, 0) is 6.92 Å². The van der Waals surface area contributed by atoms with Gasteiger partial charge in [0.15, 0.2) is 0 Å². The van der Waals surface area contributed by atoms with E-state index < -0.39 is 0 Å². The van der Waals surface area contributed by atoms with Gasteiger partial charge in [0.1, 0.15) is 0 Å². The third-order valence-corrected chi connectivity index (χ3v) is 0.302. The van der Waals surface area contributed by atoms with Crippen LogP contribution in [0.5, 0.6) is 0 Å². The van der Waals surface area contributed by atoms with E-state index in [1.54, 1.807) is 6.92 Å². The first kappa shape index (κ1) is 4.89. The van der Waals surface area contributed by atoms with E-state index in [4.69, 9.17) is 5.11 Å². The van der Waals surface area contributed by atoms with Gasteiger partial charge in [0.25, 0.3) is 0 Å². The molecule has 1 nitrogen and oxygen atoms in total. The van der Waals surface area contributed by atoms with Crippen LogP contribution in [0.3, 0.4) is 0 Å². The van der Waals surface area contributed by atoms with Gasteiger partial charge in [0, 0.05) is 4.91 Å². The standard InChI is InChI=1S/C3H6OS/c1-3(5)2-4/h2,4-5H,1H3. The smallest absolute Gasteiger partial charge is 0.0881 e. The molecule has 0 aliphatic rings. The maximum atomic E-state index is 7.91. The number of thiol groups is 1. The molecule has 0 atom stereocenters. The fourth-order valence-electron chi connectivity index (χ4n) is 0. The zero-order valence-electron chi connectivity index (χ0n) is 2.97. The van der Waals surface area contributed by atoms with E-state index in [-0.39, 0.29) is 0 Å². The molecule has 0 bridgehead atoms. The third kappa shape index (κ3) is 3.89. The fourth-order valence-corrected chi connectivity index (χ4v) is 0. The van der Waals surface area contributed by atoms with Crippen molar-refractivity contribution in [3.63, 3.8) is 0 Å². The summed E-state index contributed by atoms with van der Waals surface area (Å²) >= 11 is 3.71. The molecule has 0 amide bonds. The summed E-state index contributed by atoms with van der Waals surface area (Å²) in [5.74, 6) is 0. The number of allylic oxidation sites excluding steroid dienone is 1.